The molecule has 0 bridgehead atoms. The lowest BCUT2D eigenvalue weighted by molar-refractivity contribution is -0.121. The lowest BCUT2D eigenvalue weighted by atomic mass is 10.1. The Morgan fingerprint density at radius 2 is 1.93 bits per heavy atom. The molecule has 0 aliphatic carbocycles. The van der Waals surface area contributed by atoms with Crippen molar-refractivity contribution >= 4 is 16.8 Å². The van der Waals surface area contributed by atoms with Crippen molar-refractivity contribution in [3.63, 3.8) is 0 Å². The molecule has 0 aliphatic heterocycles. The van der Waals surface area contributed by atoms with Crippen molar-refractivity contribution in [3.05, 3.63) is 79.0 Å². The van der Waals surface area contributed by atoms with Crippen molar-refractivity contribution in [1.29, 1.82) is 0 Å². The normalized spacial score (nSPS) is 12.2. The van der Waals surface area contributed by atoms with E-state index in [1.165, 1.54) is 11.7 Å². The summed E-state index contributed by atoms with van der Waals surface area (Å²) in [4.78, 5) is 16.3. The number of aromatic nitrogens is 4. The fourth-order valence-electron chi connectivity index (χ4n) is 3.21. The summed E-state index contributed by atoms with van der Waals surface area (Å²) in [5.74, 6) is 0.0423. The molecule has 4 rings (SSSR count). The molecule has 4 aromatic rings. The maximum absolute atomic E-state index is 12.4. The van der Waals surface area contributed by atoms with Crippen molar-refractivity contribution in [1.82, 2.24) is 24.6 Å². The summed E-state index contributed by atoms with van der Waals surface area (Å²) < 4.78 is 3.82. The van der Waals surface area contributed by atoms with Crippen molar-refractivity contribution in [2.75, 3.05) is 0 Å². The number of rotatable bonds is 6. The van der Waals surface area contributed by atoms with Gasteiger partial charge in [-0.05, 0) is 42.1 Å². The zero-order valence-corrected chi connectivity index (χ0v) is 15.1. The van der Waals surface area contributed by atoms with Crippen LogP contribution in [0, 0.1) is 0 Å². The van der Waals surface area contributed by atoms with Crippen LogP contribution in [0.2, 0.25) is 0 Å². The lowest BCUT2D eigenvalue weighted by Gasteiger charge is -2.15. The number of benzene rings is 2. The molecule has 2 aromatic carbocycles. The Hall–Kier alpha value is -3.41. The number of aryl methyl sites for hydroxylation is 1. The van der Waals surface area contributed by atoms with Gasteiger partial charge in [-0.15, -0.1) is 0 Å². The Kier molecular flexibility index (Phi) is 4.70. The van der Waals surface area contributed by atoms with Crippen LogP contribution in [0.25, 0.3) is 16.6 Å². The van der Waals surface area contributed by atoms with Crippen LogP contribution in [0.4, 0.5) is 0 Å². The van der Waals surface area contributed by atoms with E-state index >= 15 is 0 Å². The number of carbonyl (C=O) groups is 1. The maximum atomic E-state index is 12.4. The van der Waals surface area contributed by atoms with E-state index in [-0.39, 0.29) is 11.9 Å². The fourth-order valence-corrected chi connectivity index (χ4v) is 3.21. The first-order valence-corrected chi connectivity index (χ1v) is 8.99. The standard InChI is InChI=1S/C21H21N5O/c1-16(17-6-8-19(9-7-17)26-15-22-14-23-26)24-21(27)11-13-25-12-10-18-4-2-3-5-20(18)25/h2-10,12,14-16H,11,13H2,1H3,(H,24,27). The van der Waals surface area contributed by atoms with Crippen LogP contribution in [0.15, 0.2) is 73.4 Å². The summed E-state index contributed by atoms with van der Waals surface area (Å²) in [6.45, 7) is 2.66. The first kappa shape index (κ1) is 17.0. The van der Waals surface area contributed by atoms with Crippen molar-refractivity contribution in [2.24, 2.45) is 0 Å². The molecular formula is C21H21N5O. The number of amides is 1. The Balaban J connectivity index is 1.35. The summed E-state index contributed by atoms with van der Waals surface area (Å²) in [5.41, 5.74) is 3.15. The molecule has 0 saturated carbocycles. The predicted octanol–water partition coefficient (Wildman–Crippen LogP) is 3.49. The number of nitrogens with one attached hydrogen (secondary N) is 1. The third-order valence-corrected chi connectivity index (χ3v) is 4.71. The highest BCUT2D eigenvalue weighted by Gasteiger charge is 2.10. The van der Waals surface area contributed by atoms with Gasteiger partial charge in [0, 0.05) is 24.7 Å². The minimum Gasteiger partial charge on any atom is -0.350 e. The van der Waals surface area contributed by atoms with Gasteiger partial charge in [0.05, 0.1) is 11.7 Å². The fraction of sp³-hybridized carbons (Fsp3) is 0.190. The van der Waals surface area contributed by atoms with Gasteiger partial charge in [0.15, 0.2) is 0 Å². The summed E-state index contributed by atoms with van der Waals surface area (Å²) in [5, 5.41) is 8.38. The third-order valence-electron chi connectivity index (χ3n) is 4.71. The number of carbonyl (C=O) groups excluding carboxylic acids is 1. The molecular weight excluding hydrogens is 338 g/mol. The van der Waals surface area contributed by atoms with Crippen LogP contribution in [-0.2, 0) is 11.3 Å². The molecule has 0 aliphatic rings. The monoisotopic (exact) mass is 359 g/mol. The second-order valence-electron chi connectivity index (χ2n) is 6.54. The van der Waals surface area contributed by atoms with Gasteiger partial charge in [0.2, 0.25) is 5.91 Å². The van der Waals surface area contributed by atoms with E-state index in [9.17, 15) is 4.79 Å². The van der Waals surface area contributed by atoms with Gasteiger partial charge in [-0.1, -0.05) is 30.3 Å². The second kappa shape index (κ2) is 7.45. The predicted molar refractivity (Wildman–Crippen MR) is 104 cm³/mol. The minimum atomic E-state index is -0.0521. The van der Waals surface area contributed by atoms with E-state index < -0.39 is 0 Å². The summed E-state index contributed by atoms with van der Waals surface area (Å²) in [6.07, 6.45) is 5.64. The minimum absolute atomic E-state index is 0.0423. The smallest absolute Gasteiger partial charge is 0.222 e. The highest BCUT2D eigenvalue weighted by atomic mass is 16.1. The number of nitrogens with zero attached hydrogens (tertiary/aromatic N) is 4. The molecule has 1 N–H and O–H groups in total. The lowest BCUT2D eigenvalue weighted by Crippen LogP contribution is -2.27. The molecule has 2 heterocycles. The third kappa shape index (κ3) is 3.74. The van der Waals surface area contributed by atoms with Gasteiger partial charge in [0.1, 0.15) is 12.7 Å². The largest absolute Gasteiger partial charge is 0.350 e. The van der Waals surface area contributed by atoms with Crippen molar-refractivity contribution in [3.8, 4) is 5.69 Å². The topological polar surface area (TPSA) is 64.7 Å². The van der Waals surface area contributed by atoms with E-state index in [4.69, 9.17) is 0 Å². The molecule has 6 heteroatoms. The highest BCUT2D eigenvalue weighted by molar-refractivity contribution is 5.80. The SMILES string of the molecule is CC(NC(=O)CCn1ccc2ccccc21)c1ccc(-n2cncn2)cc1. The van der Waals surface area contributed by atoms with Crippen LogP contribution in [0.5, 0.6) is 0 Å². The molecule has 2 aromatic heterocycles. The molecule has 1 atom stereocenters. The molecule has 0 radical (unpaired) electrons. The Bertz CT molecular complexity index is 1030. The Morgan fingerprint density at radius 1 is 1.11 bits per heavy atom. The van der Waals surface area contributed by atoms with Crippen LogP contribution >= 0.6 is 0 Å². The van der Waals surface area contributed by atoms with Gasteiger partial charge in [-0.3, -0.25) is 4.79 Å². The molecule has 0 saturated heterocycles. The first-order chi connectivity index (χ1) is 13.2. The molecule has 1 unspecified atom stereocenters. The van der Waals surface area contributed by atoms with Gasteiger partial charge >= 0.3 is 0 Å². The molecule has 27 heavy (non-hydrogen) atoms. The van der Waals surface area contributed by atoms with E-state index in [1.807, 2.05) is 49.5 Å². The van der Waals surface area contributed by atoms with E-state index in [2.05, 4.69) is 38.2 Å². The van der Waals surface area contributed by atoms with Crippen LogP contribution < -0.4 is 5.32 Å². The van der Waals surface area contributed by atoms with Crippen LogP contribution in [0.1, 0.15) is 24.9 Å². The Morgan fingerprint density at radius 3 is 2.70 bits per heavy atom. The number of hydrogen-bond acceptors (Lipinski definition) is 3. The quantitative estimate of drug-likeness (QED) is 0.573. The number of para-hydroxylation sites is 1. The molecule has 1 amide bonds. The average Bonchev–Trinajstić information content (AvgIpc) is 3.37. The molecule has 136 valence electrons. The molecule has 6 nitrogen and oxygen atoms in total. The summed E-state index contributed by atoms with van der Waals surface area (Å²) in [6, 6.07) is 18.2. The van der Waals surface area contributed by atoms with Crippen molar-refractivity contribution < 1.29 is 4.79 Å². The summed E-state index contributed by atoms with van der Waals surface area (Å²) >= 11 is 0. The molecule has 0 spiro atoms. The van der Waals surface area contributed by atoms with E-state index in [0.717, 1.165) is 16.8 Å². The van der Waals surface area contributed by atoms with Gasteiger partial charge in [-0.25, -0.2) is 9.67 Å². The zero-order valence-electron chi connectivity index (χ0n) is 15.1. The molecule has 0 fully saturated rings. The second-order valence-corrected chi connectivity index (χ2v) is 6.54. The van der Waals surface area contributed by atoms with E-state index in [1.54, 1.807) is 11.0 Å². The van der Waals surface area contributed by atoms with Crippen LogP contribution in [-0.4, -0.2) is 25.2 Å². The number of fused-ring (bicyclic) bond motifs is 1. The van der Waals surface area contributed by atoms with Crippen molar-refractivity contribution in [2.45, 2.75) is 25.9 Å². The average molecular weight is 359 g/mol. The highest BCUT2D eigenvalue weighted by Crippen LogP contribution is 2.17. The number of hydrogen-bond donors (Lipinski definition) is 1. The van der Waals surface area contributed by atoms with Gasteiger partial charge in [-0.2, -0.15) is 5.10 Å². The first-order valence-electron chi connectivity index (χ1n) is 8.99. The van der Waals surface area contributed by atoms with Gasteiger partial charge in [0.25, 0.3) is 0 Å². The Labute approximate surface area is 157 Å². The van der Waals surface area contributed by atoms with Crippen LogP contribution in [0.3, 0.4) is 0 Å². The van der Waals surface area contributed by atoms with Gasteiger partial charge < -0.3 is 9.88 Å². The van der Waals surface area contributed by atoms with E-state index in [0.29, 0.717) is 13.0 Å². The summed E-state index contributed by atoms with van der Waals surface area (Å²) in [7, 11) is 0. The maximum Gasteiger partial charge on any atom is 0.222 e. The zero-order chi connectivity index (χ0) is 18.6.